The first-order valence-electron chi connectivity index (χ1n) is 41.8. The van der Waals surface area contributed by atoms with Gasteiger partial charge in [0.15, 0.2) is 0 Å². The molecule has 0 aliphatic rings. The summed E-state index contributed by atoms with van der Waals surface area (Å²) in [7, 11) is 0. The van der Waals surface area contributed by atoms with E-state index in [4.69, 9.17) is 0 Å². The van der Waals surface area contributed by atoms with E-state index in [0.29, 0.717) is 0 Å². The van der Waals surface area contributed by atoms with Crippen LogP contribution in [0.5, 0.6) is 0 Å². The van der Waals surface area contributed by atoms with E-state index in [1.54, 1.807) is 0 Å². The van der Waals surface area contributed by atoms with Gasteiger partial charge in [0.25, 0.3) is 0 Å². The smallest absolute Gasteiger partial charge is 0.0103 e. The van der Waals surface area contributed by atoms with Gasteiger partial charge in [-0.25, -0.2) is 0 Å². The summed E-state index contributed by atoms with van der Waals surface area (Å²) in [6.07, 6.45) is 0. The first-order chi connectivity index (χ1) is 58.4. The Morgan fingerprint density at radius 2 is 0.267 bits per heavy atom. The summed E-state index contributed by atoms with van der Waals surface area (Å²) in [5.74, 6) is 0. The van der Waals surface area contributed by atoms with Gasteiger partial charge in [0, 0.05) is 0 Å². The fourth-order valence-corrected chi connectivity index (χ4v) is 15.4. The van der Waals surface area contributed by atoms with E-state index in [1.807, 2.05) is 0 Å². The summed E-state index contributed by atoms with van der Waals surface area (Å²) in [5, 5.41) is 0. The molecule has 120 heavy (non-hydrogen) atoms. The van der Waals surface area contributed by atoms with Crippen LogP contribution < -0.4 is 0 Å². The lowest BCUT2D eigenvalue weighted by molar-refractivity contribution is 1.44. The monoisotopic (exact) mass is 1550 g/mol. The molecular formula is C120H108. The molecule has 0 aliphatic heterocycles. The maximum absolute atomic E-state index is 2.27. The molecule has 0 unspecified atom stereocenters. The summed E-state index contributed by atoms with van der Waals surface area (Å²) >= 11 is 0. The van der Waals surface area contributed by atoms with Crippen molar-refractivity contribution in [3.63, 3.8) is 0 Å². The van der Waals surface area contributed by atoms with E-state index >= 15 is 0 Å². The quantitative estimate of drug-likeness (QED) is 0.114. The lowest BCUT2D eigenvalue weighted by Gasteiger charge is -2.12. The fraction of sp³-hybridized carbons (Fsp3) is 0.100. The molecule has 0 spiro atoms. The third-order valence-electron chi connectivity index (χ3n) is 21.7. The van der Waals surface area contributed by atoms with Gasteiger partial charge in [0.05, 0.1) is 0 Å². The van der Waals surface area contributed by atoms with Crippen LogP contribution >= 0.6 is 0 Å². The molecule has 18 aromatic rings. The molecule has 0 fully saturated rings. The molecule has 0 heteroatoms. The van der Waals surface area contributed by atoms with Crippen molar-refractivity contribution in [2.24, 2.45) is 0 Å². The largest absolute Gasteiger partial charge is 0.0620 e. The summed E-state index contributed by atoms with van der Waals surface area (Å²) in [6.45, 7) is 25.7. The third-order valence-corrected chi connectivity index (χ3v) is 21.7. The van der Waals surface area contributed by atoms with Crippen LogP contribution in [0.3, 0.4) is 0 Å². The van der Waals surface area contributed by atoms with Crippen molar-refractivity contribution in [2.75, 3.05) is 0 Å². The average Bonchev–Trinajstić information content (AvgIpc) is 0.764. The molecule has 18 rings (SSSR count). The van der Waals surface area contributed by atoms with Gasteiger partial charge in [0.2, 0.25) is 0 Å². The maximum atomic E-state index is 2.27. The topological polar surface area (TPSA) is 0 Å². The van der Waals surface area contributed by atoms with E-state index in [0.717, 1.165) is 0 Å². The van der Waals surface area contributed by atoms with Gasteiger partial charge in [-0.15, -0.1) is 0 Å². The standard InChI is InChI=1S/6C20H18/c1-15-6-3-8-17(12-15)19-10-5-11-20(14-19)18-9-4-7-16(2)13-18;1-15-9-11-17(12-10-15)19-7-4-8-20(14-19)18-6-3-5-16(2)13-18;1-15-7-5-9-17(13-15)19-11-3-4-12-20(19)18-10-6-8-16(2)14-18;1-15-7-5-9-17(13-15)18-10-6-11-19(14-18)20-12-4-3-8-16(20)2;1-15-8-7-10-17(14-15)19-12-5-6-13-20(19)18-11-4-3-9-16(18)2;1-15-10-12-17(13-11-15)19-8-3-4-9-20(19)18-7-5-6-16(2)14-18/h6*3-14H,1-2H3. The third kappa shape index (κ3) is 23.0. The maximum Gasteiger partial charge on any atom is -0.0103 e. The Kier molecular flexibility index (Phi) is 28.8. The van der Waals surface area contributed by atoms with Crippen LogP contribution in [-0.2, 0) is 0 Å². The molecule has 0 N–H and O–H groups in total. The Morgan fingerprint density at radius 3 is 0.542 bits per heavy atom. The second-order valence-corrected chi connectivity index (χ2v) is 31.7. The molecular weight excluding hydrogens is 1440 g/mol. The number of hydrogen-bond donors (Lipinski definition) is 0. The van der Waals surface area contributed by atoms with Crippen molar-refractivity contribution < 1.29 is 0 Å². The molecule has 0 saturated heterocycles. The predicted molar refractivity (Wildman–Crippen MR) is 521 cm³/mol. The van der Waals surface area contributed by atoms with Crippen LogP contribution in [0.4, 0.5) is 0 Å². The van der Waals surface area contributed by atoms with Crippen molar-refractivity contribution in [1.82, 2.24) is 0 Å². The van der Waals surface area contributed by atoms with E-state index in [9.17, 15) is 0 Å². The van der Waals surface area contributed by atoms with Crippen LogP contribution in [0.1, 0.15) is 66.8 Å². The highest BCUT2D eigenvalue weighted by molar-refractivity contribution is 5.87. The van der Waals surface area contributed by atoms with Gasteiger partial charge >= 0.3 is 0 Å². The van der Waals surface area contributed by atoms with Crippen molar-refractivity contribution >= 4 is 0 Å². The molecule has 0 saturated carbocycles. The Hall–Kier alpha value is -14.0. The van der Waals surface area contributed by atoms with Crippen molar-refractivity contribution in [3.05, 3.63) is 504 Å². The molecule has 588 valence electrons. The zero-order chi connectivity index (χ0) is 83.7. The van der Waals surface area contributed by atoms with Gasteiger partial charge in [0.1, 0.15) is 0 Å². The summed E-state index contributed by atoms with van der Waals surface area (Å²) in [4.78, 5) is 0. The molecule has 18 aromatic carbocycles. The lowest BCUT2D eigenvalue weighted by Crippen LogP contribution is -1.88. The SMILES string of the molecule is Cc1ccc(-c2cccc(-c3cccc(C)c3)c2)cc1.Cc1ccc(-c2ccccc2-c2cccc(C)c2)cc1.Cc1cccc(-c2cccc(-c3cccc(C)c3)c2)c1.Cc1cccc(-c2cccc(-c3ccccc3C)c2)c1.Cc1cccc(-c2ccccc2-c2cccc(C)c2)c1.Cc1cccc(-c2ccccc2-c2ccccc2C)c1. The number of benzene rings is 18. The Balaban J connectivity index is 0.000000124. The van der Waals surface area contributed by atoms with E-state index < -0.39 is 0 Å². The van der Waals surface area contributed by atoms with Gasteiger partial charge in [-0.05, 0) is 246 Å². The summed E-state index contributed by atoms with van der Waals surface area (Å²) < 4.78 is 0. The second-order valence-electron chi connectivity index (χ2n) is 31.7. The first-order valence-corrected chi connectivity index (χ1v) is 41.8. The molecule has 0 aliphatic carbocycles. The van der Waals surface area contributed by atoms with Crippen LogP contribution in [-0.4, -0.2) is 0 Å². The molecule has 0 bridgehead atoms. The minimum absolute atomic E-state index is 1.27. The van der Waals surface area contributed by atoms with Gasteiger partial charge in [-0.2, -0.15) is 0 Å². The van der Waals surface area contributed by atoms with Crippen LogP contribution in [0.2, 0.25) is 0 Å². The number of hydrogen-bond acceptors (Lipinski definition) is 0. The minimum atomic E-state index is 1.27. The normalized spacial score (nSPS) is 10.5. The summed E-state index contributed by atoms with van der Waals surface area (Å²) in [6, 6.07) is 156. The van der Waals surface area contributed by atoms with Gasteiger partial charge in [-0.1, -0.05) is 474 Å². The van der Waals surface area contributed by atoms with Crippen molar-refractivity contribution in [1.29, 1.82) is 0 Å². The van der Waals surface area contributed by atoms with E-state index in [1.165, 1.54) is 200 Å². The highest BCUT2D eigenvalue weighted by Gasteiger charge is 2.13. The van der Waals surface area contributed by atoms with Crippen molar-refractivity contribution in [3.8, 4) is 134 Å². The lowest BCUT2D eigenvalue weighted by atomic mass is 9.92. The zero-order valence-electron chi connectivity index (χ0n) is 71.6. The molecule has 0 nitrogen and oxygen atoms in total. The second kappa shape index (κ2) is 41.2. The molecule has 0 amide bonds. The van der Waals surface area contributed by atoms with Gasteiger partial charge < -0.3 is 0 Å². The highest BCUT2D eigenvalue weighted by atomic mass is 14.2. The number of rotatable bonds is 12. The zero-order valence-corrected chi connectivity index (χ0v) is 71.6. The van der Waals surface area contributed by atoms with Crippen LogP contribution in [0.25, 0.3) is 134 Å². The molecule has 0 aromatic heterocycles. The molecule has 0 radical (unpaired) electrons. The van der Waals surface area contributed by atoms with E-state index in [-0.39, 0.29) is 0 Å². The summed E-state index contributed by atoms with van der Waals surface area (Å²) in [5.41, 5.74) is 46.4. The Bertz CT molecular complexity index is 6290. The average molecular weight is 1550 g/mol. The fourth-order valence-electron chi connectivity index (χ4n) is 15.4. The van der Waals surface area contributed by atoms with Gasteiger partial charge in [-0.3, -0.25) is 0 Å². The predicted octanol–water partition coefficient (Wildman–Crippen LogP) is 33.8. The van der Waals surface area contributed by atoms with Crippen molar-refractivity contribution in [2.45, 2.75) is 83.1 Å². The number of aryl methyl sites for hydroxylation is 12. The van der Waals surface area contributed by atoms with E-state index in [2.05, 4.69) is 520 Å². The molecule has 0 atom stereocenters. The first kappa shape index (κ1) is 83.9. The van der Waals surface area contributed by atoms with Crippen LogP contribution in [0.15, 0.2) is 437 Å². The molecule has 0 heterocycles. The minimum Gasteiger partial charge on any atom is -0.0620 e. The Labute approximate surface area is 715 Å². The highest BCUT2D eigenvalue weighted by Crippen LogP contribution is 2.38. The van der Waals surface area contributed by atoms with Crippen LogP contribution in [0, 0.1) is 83.1 Å². The Morgan fingerprint density at radius 1 is 0.0917 bits per heavy atom.